The van der Waals surface area contributed by atoms with Gasteiger partial charge in [0.1, 0.15) is 0 Å². The number of nitrogens with zero attached hydrogens (tertiary/aromatic N) is 1. The predicted molar refractivity (Wildman–Crippen MR) is 62.3 cm³/mol. The largest absolute Gasteiger partial charge is 0.373 e. The van der Waals surface area contributed by atoms with Crippen LogP contribution in [-0.4, -0.2) is 19.4 Å². The molecule has 0 bridgehead atoms. The fourth-order valence-electron chi connectivity index (χ4n) is 2.06. The Bertz CT molecular complexity index is 409. The summed E-state index contributed by atoms with van der Waals surface area (Å²) in [6.07, 6.45) is 3.67. The van der Waals surface area contributed by atoms with E-state index < -0.39 is 0 Å². The van der Waals surface area contributed by atoms with Crippen LogP contribution in [0, 0.1) is 0 Å². The highest BCUT2D eigenvalue weighted by Gasteiger charge is 2.23. The van der Waals surface area contributed by atoms with Gasteiger partial charge in [0, 0.05) is 25.2 Å². The van der Waals surface area contributed by atoms with Crippen LogP contribution in [0.3, 0.4) is 0 Å². The Morgan fingerprint density at radius 1 is 1.47 bits per heavy atom. The average molecular weight is 201 g/mol. The van der Waals surface area contributed by atoms with Crippen molar-refractivity contribution in [1.29, 1.82) is 0 Å². The zero-order chi connectivity index (χ0) is 10.8. The van der Waals surface area contributed by atoms with Gasteiger partial charge in [-0.3, -0.25) is 4.79 Å². The minimum Gasteiger partial charge on any atom is -0.373 e. The van der Waals surface area contributed by atoms with Gasteiger partial charge >= 0.3 is 0 Å². The van der Waals surface area contributed by atoms with Gasteiger partial charge in [-0.2, -0.15) is 0 Å². The number of para-hydroxylation sites is 1. The molecule has 0 saturated heterocycles. The first-order valence-corrected chi connectivity index (χ1v) is 5.17. The molecule has 0 saturated carbocycles. The molecule has 0 spiro atoms. The summed E-state index contributed by atoms with van der Waals surface area (Å²) in [5.74, 6) is 0.470. The van der Waals surface area contributed by atoms with Crippen LogP contribution in [-0.2, 0) is 4.79 Å². The maximum atomic E-state index is 10.9. The maximum absolute atomic E-state index is 10.9. The van der Waals surface area contributed by atoms with Gasteiger partial charge in [0.15, 0.2) is 5.78 Å². The second-order valence-electron chi connectivity index (χ2n) is 4.02. The van der Waals surface area contributed by atoms with Gasteiger partial charge in [-0.15, -0.1) is 0 Å². The van der Waals surface area contributed by atoms with E-state index in [-0.39, 0.29) is 5.78 Å². The molecule has 1 unspecified atom stereocenters. The predicted octanol–water partition coefficient (Wildman–Crippen LogP) is 2.37. The first-order chi connectivity index (χ1) is 7.18. The van der Waals surface area contributed by atoms with Crippen LogP contribution in [0.25, 0.3) is 0 Å². The van der Waals surface area contributed by atoms with Crippen molar-refractivity contribution < 1.29 is 4.79 Å². The molecule has 1 aromatic rings. The van der Waals surface area contributed by atoms with E-state index in [1.165, 1.54) is 11.3 Å². The van der Waals surface area contributed by atoms with E-state index in [0.717, 1.165) is 6.54 Å². The van der Waals surface area contributed by atoms with Gasteiger partial charge in [0.05, 0.1) is 0 Å². The molecule has 2 nitrogen and oxygen atoms in total. The molecule has 2 heteroatoms. The highest BCUT2D eigenvalue weighted by molar-refractivity contribution is 5.87. The van der Waals surface area contributed by atoms with Crippen molar-refractivity contribution in [1.82, 2.24) is 0 Å². The van der Waals surface area contributed by atoms with E-state index >= 15 is 0 Å². The fourth-order valence-corrected chi connectivity index (χ4v) is 2.06. The zero-order valence-electron chi connectivity index (χ0n) is 9.10. The third-order valence-electron chi connectivity index (χ3n) is 2.78. The first kappa shape index (κ1) is 9.97. The second kappa shape index (κ2) is 3.89. The molecule has 0 radical (unpaired) electrons. The molecule has 0 aliphatic carbocycles. The van der Waals surface area contributed by atoms with E-state index in [0.29, 0.717) is 5.92 Å². The van der Waals surface area contributed by atoms with Crippen LogP contribution in [0.15, 0.2) is 36.4 Å². The average Bonchev–Trinajstić information content (AvgIpc) is 2.54. The molecule has 1 atom stereocenters. The highest BCUT2D eigenvalue weighted by Crippen LogP contribution is 2.35. The molecule has 78 valence electrons. The van der Waals surface area contributed by atoms with Crippen LogP contribution < -0.4 is 4.90 Å². The lowest BCUT2D eigenvalue weighted by atomic mass is 10.0. The Balaban J connectivity index is 2.28. The van der Waals surface area contributed by atoms with Crippen LogP contribution in [0.1, 0.15) is 18.4 Å². The number of benzene rings is 1. The van der Waals surface area contributed by atoms with Crippen molar-refractivity contribution in [2.75, 3.05) is 18.5 Å². The van der Waals surface area contributed by atoms with E-state index in [4.69, 9.17) is 0 Å². The van der Waals surface area contributed by atoms with Crippen LogP contribution in [0.2, 0.25) is 0 Å². The highest BCUT2D eigenvalue weighted by atomic mass is 16.1. The number of fused-ring (bicyclic) bond motifs is 1. The molecule has 0 aromatic heterocycles. The first-order valence-electron chi connectivity index (χ1n) is 5.17. The number of carbonyl (C=O) groups is 1. The topological polar surface area (TPSA) is 20.3 Å². The van der Waals surface area contributed by atoms with Gasteiger partial charge in [-0.25, -0.2) is 0 Å². The van der Waals surface area contributed by atoms with Crippen molar-refractivity contribution in [3.63, 3.8) is 0 Å². The molecule has 1 aliphatic rings. The normalized spacial score (nSPS) is 19.6. The van der Waals surface area contributed by atoms with E-state index in [2.05, 4.69) is 24.1 Å². The lowest BCUT2D eigenvalue weighted by Crippen LogP contribution is -2.14. The van der Waals surface area contributed by atoms with Gasteiger partial charge in [-0.05, 0) is 24.6 Å². The molecule has 0 N–H and O–H groups in total. The molecule has 1 heterocycles. The minimum absolute atomic E-state index is 0.113. The Kier molecular flexibility index (Phi) is 2.58. The number of likely N-dealkylation sites (N-methyl/N-ethyl adjacent to an activating group) is 1. The number of hydrogen-bond donors (Lipinski definition) is 0. The second-order valence-corrected chi connectivity index (χ2v) is 4.02. The number of rotatable bonds is 2. The molecular weight excluding hydrogens is 186 g/mol. The van der Waals surface area contributed by atoms with Crippen molar-refractivity contribution in [3.05, 3.63) is 42.0 Å². The molecule has 1 aliphatic heterocycles. The van der Waals surface area contributed by atoms with Gasteiger partial charge < -0.3 is 4.90 Å². The number of hydrogen-bond acceptors (Lipinski definition) is 2. The zero-order valence-corrected chi connectivity index (χ0v) is 9.10. The standard InChI is InChI=1S/C13H15NO/c1-10(15)7-8-11-9-14(2)13-6-4-3-5-12(11)13/h3-8,11H,9H2,1-2H3/b8-7+. The summed E-state index contributed by atoms with van der Waals surface area (Å²) < 4.78 is 0. The van der Waals surface area contributed by atoms with Crippen molar-refractivity contribution in [2.45, 2.75) is 12.8 Å². The molecule has 0 amide bonds. The van der Waals surface area contributed by atoms with Crippen LogP contribution in [0.4, 0.5) is 5.69 Å². The van der Waals surface area contributed by atoms with Gasteiger partial charge in [0.25, 0.3) is 0 Å². The van der Waals surface area contributed by atoms with Crippen molar-refractivity contribution in [2.24, 2.45) is 0 Å². The SMILES string of the molecule is CC(=O)/C=C/C1CN(C)c2ccccc21. The molecular formula is C13H15NO. The fraction of sp³-hybridized carbons (Fsp3) is 0.308. The quantitative estimate of drug-likeness (QED) is 0.685. The lowest BCUT2D eigenvalue weighted by molar-refractivity contribution is -0.112. The molecule has 15 heavy (non-hydrogen) atoms. The van der Waals surface area contributed by atoms with E-state index in [1.807, 2.05) is 18.2 Å². The molecule has 2 rings (SSSR count). The lowest BCUT2D eigenvalue weighted by Gasteiger charge is -2.10. The van der Waals surface area contributed by atoms with Gasteiger partial charge in [-0.1, -0.05) is 24.3 Å². The van der Waals surface area contributed by atoms with E-state index in [1.54, 1.807) is 13.0 Å². The van der Waals surface area contributed by atoms with Crippen molar-refractivity contribution in [3.8, 4) is 0 Å². The number of carbonyl (C=O) groups excluding carboxylic acids is 1. The minimum atomic E-state index is 0.113. The number of anilines is 1. The summed E-state index contributed by atoms with van der Waals surface area (Å²) in [5.41, 5.74) is 2.59. The summed E-state index contributed by atoms with van der Waals surface area (Å²) in [5, 5.41) is 0. The summed E-state index contributed by atoms with van der Waals surface area (Å²) in [7, 11) is 2.08. The number of ketones is 1. The Morgan fingerprint density at radius 2 is 2.20 bits per heavy atom. The molecule has 1 aromatic carbocycles. The van der Waals surface area contributed by atoms with Crippen LogP contribution in [0.5, 0.6) is 0 Å². The van der Waals surface area contributed by atoms with Gasteiger partial charge in [0.2, 0.25) is 0 Å². The van der Waals surface area contributed by atoms with E-state index in [9.17, 15) is 4.79 Å². The Morgan fingerprint density at radius 3 is 2.93 bits per heavy atom. The van der Waals surface area contributed by atoms with Crippen molar-refractivity contribution >= 4 is 11.5 Å². The Labute approximate surface area is 90.2 Å². The summed E-state index contributed by atoms with van der Waals surface area (Å²) in [4.78, 5) is 13.1. The third kappa shape index (κ3) is 1.94. The smallest absolute Gasteiger partial charge is 0.152 e. The maximum Gasteiger partial charge on any atom is 0.152 e. The molecule has 0 fully saturated rings. The summed E-state index contributed by atoms with van der Waals surface area (Å²) >= 11 is 0. The third-order valence-corrected chi connectivity index (χ3v) is 2.78. The summed E-state index contributed by atoms with van der Waals surface area (Å²) in [6, 6.07) is 8.35. The van der Waals surface area contributed by atoms with Crippen LogP contribution >= 0.6 is 0 Å². The Hall–Kier alpha value is -1.57. The monoisotopic (exact) mass is 201 g/mol. The number of allylic oxidation sites excluding steroid dienone is 1. The summed E-state index contributed by atoms with van der Waals surface area (Å²) in [6.45, 7) is 2.55.